The van der Waals surface area contributed by atoms with Crippen molar-refractivity contribution in [1.82, 2.24) is 5.32 Å². The van der Waals surface area contributed by atoms with E-state index in [1.807, 2.05) is 48.2 Å². The van der Waals surface area contributed by atoms with Gasteiger partial charge >= 0.3 is 0 Å². The van der Waals surface area contributed by atoms with Crippen molar-refractivity contribution >= 4 is 17.5 Å². The fraction of sp³-hybridized carbons (Fsp3) is 0.333. The fourth-order valence-corrected chi connectivity index (χ4v) is 3.28. The molecule has 1 aliphatic heterocycles. The van der Waals surface area contributed by atoms with Crippen molar-refractivity contribution in [3.63, 3.8) is 0 Å². The Labute approximate surface area is 147 Å². The van der Waals surface area contributed by atoms with Crippen LogP contribution in [0, 0.1) is 12.8 Å². The minimum atomic E-state index is 0.0397. The van der Waals surface area contributed by atoms with E-state index in [1.165, 1.54) is 5.56 Å². The number of hydrogen-bond acceptors (Lipinski definition) is 2. The van der Waals surface area contributed by atoms with Gasteiger partial charge in [-0.2, -0.15) is 0 Å². The number of nitrogens with one attached hydrogen (secondary N) is 1. The molecular weight excluding hydrogens is 312 g/mol. The number of rotatable bonds is 4. The highest BCUT2D eigenvalue weighted by atomic mass is 16.2. The van der Waals surface area contributed by atoms with Crippen molar-refractivity contribution in [3.05, 3.63) is 64.7 Å². The third-order valence-corrected chi connectivity index (χ3v) is 5.00. The van der Waals surface area contributed by atoms with E-state index < -0.39 is 0 Å². The summed E-state index contributed by atoms with van der Waals surface area (Å²) in [5.41, 5.74) is 5.07. The predicted molar refractivity (Wildman–Crippen MR) is 97.6 cm³/mol. The summed E-state index contributed by atoms with van der Waals surface area (Å²) in [4.78, 5) is 26.5. The largest absolute Gasteiger partial charge is 0.352 e. The smallest absolute Gasteiger partial charge is 0.258 e. The molecule has 128 valence electrons. The number of fused-ring (bicyclic) bond motifs is 1. The maximum atomic E-state index is 12.9. The van der Waals surface area contributed by atoms with Crippen LogP contribution in [0.5, 0.6) is 0 Å². The molecule has 4 nitrogen and oxygen atoms in total. The molecule has 0 atom stereocenters. The summed E-state index contributed by atoms with van der Waals surface area (Å²) in [5, 5.41) is 2.99. The molecule has 0 spiro atoms. The second-order valence-electron chi connectivity index (χ2n) is 7.03. The topological polar surface area (TPSA) is 49.4 Å². The van der Waals surface area contributed by atoms with Gasteiger partial charge in [0.1, 0.15) is 0 Å². The van der Waals surface area contributed by atoms with Crippen molar-refractivity contribution in [1.29, 1.82) is 0 Å². The molecule has 0 aromatic heterocycles. The van der Waals surface area contributed by atoms with Crippen LogP contribution < -0.4 is 10.2 Å². The first kappa shape index (κ1) is 15.9. The minimum Gasteiger partial charge on any atom is -0.352 e. The maximum Gasteiger partial charge on any atom is 0.258 e. The molecule has 1 N–H and O–H groups in total. The Morgan fingerprint density at radius 3 is 2.60 bits per heavy atom. The van der Waals surface area contributed by atoms with Gasteiger partial charge in [0.05, 0.1) is 0 Å². The van der Waals surface area contributed by atoms with E-state index in [0.717, 1.165) is 36.1 Å². The number of anilines is 1. The highest BCUT2D eigenvalue weighted by Crippen LogP contribution is 2.31. The Bertz CT molecular complexity index is 822. The first-order valence-electron chi connectivity index (χ1n) is 8.90. The standard InChI is InChI=1S/C21H22N2O2/c1-14-2-5-18(6-3-14)21(25)23-11-10-16-7-4-15(12-19(16)23)13-22-20(24)17-8-9-17/h2-7,12,17H,8-11,13H2,1H3,(H,22,24). The molecule has 2 aromatic rings. The molecule has 0 unspecified atom stereocenters. The van der Waals surface area contributed by atoms with Crippen molar-refractivity contribution < 1.29 is 9.59 Å². The minimum absolute atomic E-state index is 0.0397. The van der Waals surface area contributed by atoms with Crippen LogP contribution in [-0.2, 0) is 17.8 Å². The number of amides is 2. The summed E-state index contributed by atoms with van der Waals surface area (Å²) in [6.07, 6.45) is 2.89. The Morgan fingerprint density at radius 2 is 1.88 bits per heavy atom. The zero-order valence-corrected chi connectivity index (χ0v) is 14.4. The Morgan fingerprint density at radius 1 is 1.12 bits per heavy atom. The monoisotopic (exact) mass is 334 g/mol. The lowest BCUT2D eigenvalue weighted by Crippen LogP contribution is -2.29. The van der Waals surface area contributed by atoms with Gasteiger partial charge in [0, 0.05) is 30.3 Å². The van der Waals surface area contributed by atoms with Gasteiger partial charge in [-0.15, -0.1) is 0 Å². The molecule has 0 bridgehead atoms. The summed E-state index contributed by atoms with van der Waals surface area (Å²) in [6, 6.07) is 13.9. The molecule has 0 saturated heterocycles. The van der Waals surface area contributed by atoms with Crippen LogP contribution in [0.4, 0.5) is 5.69 Å². The number of carbonyl (C=O) groups excluding carboxylic acids is 2. The number of hydrogen-bond donors (Lipinski definition) is 1. The number of carbonyl (C=O) groups is 2. The van der Waals surface area contributed by atoms with Crippen LogP contribution in [0.25, 0.3) is 0 Å². The summed E-state index contributed by atoms with van der Waals surface area (Å²) in [6.45, 7) is 3.25. The van der Waals surface area contributed by atoms with E-state index in [1.54, 1.807) is 0 Å². The molecule has 4 heteroatoms. The lowest BCUT2D eigenvalue weighted by atomic mass is 10.1. The first-order chi connectivity index (χ1) is 12.1. The van der Waals surface area contributed by atoms with Crippen molar-refractivity contribution in [2.45, 2.75) is 32.7 Å². The average molecular weight is 334 g/mol. The highest BCUT2D eigenvalue weighted by molar-refractivity contribution is 6.07. The summed E-state index contributed by atoms with van der Waals surface area (Å²) < 4.78 is 0. The third-order valence-electron chi connectivity index (χ3n) is 5.00. The molecule has 1 fully saturated rings. The van der Waals surface area contributed by atoms with Crippen LogP contribution in [-0.4, -0.2) is 18.4 Å². The first-order valence-corrected chi connectivity index (χ1v) is 8.90. The van der Waals surface area contributed by atoms with Gasteiger partial charge in [-0.25, -0.2) is 0 Å². The normalized spacial score (nSPS) is 15.8. The van der Waals surface area contributed by atoms with Gasteiger partial charge in [-0.3, -0.25) is 9.59 Å². The van der Waals surface area contributed by atoms with E-state index in [-0.39, 0.29) is 17.7 Å². The summed E-state index contributed by atoms with van der Waals surface area (Å²) >= 11 is 0. The zero-order valence-electron chi connectivity index (χ0n) is 14.4. The predicted octanol–water partition coefficient (Wildman–Crippen LogP) is 3.22. The molecule has 2 amide bonds. The molecule has 1 aliphatic carbocycles. The zero-order chi connectivity index (χ0) is 17.4. The number of aryl methyl sites for hydroxylation is 1. The van der Waals surface area contributed by atoms with Gasteiger partial charge in [-0.05, 0) is 55.5 Å². The Kier molecular flexibility index (Phi) is 4.04. The molecule has 1 heterocycles. The Balaban J connectivity index is 1.51. The lowest BCUT2D eigenvalue weighted by molar-refractivity contribution is -0.122. The van der Waals surface area contributed by atoms with Gasteiger partial charge < -0.3 is 10.2 Å². The second-order valence-corrected chi connectivity index (χ2v) is 7.03. The van der Waals surface area contributed by atoms with E-state index in [0.29, 0.717) is 18.7 Å². The molecular formula is C21H22N2O2. The third kappa shape index (κ3) is 3.29. The van der Waals surface area contributed by atoms with Crippen molar-refractivity contribution in [2.75, 3.05) is 11.4 Å². The van der Waals surface area contributed by atoms with E-state index in [2.05, 4.69) is 11.4 Å². The van der Waals surface area contributed by atoms with Gasteiger partial charge in [-0.1, -0.05) is 29.8 Å². The number of benzene rings is 2. The Hall–Kier alpha value is -2.62. The van der Waals surface area contributed by atoms with Crippen LogP contribution in [0.15, 0.2) is 42.5 Å². The summed E-state index contributed by atoms with van der Waals surface area (Å²) in [7, 11) is 0. The van der Waals surface area contributed by atoms with E-state index >= 15 is 0 Å². The van der Waals surface area contributed by atoms with Gasteiger partial charge in [0.15, 0.2) is 0 Å². The highest BCUT2D eigenvalue weighted by Gasteiger charge is 2.29. The van der Waals surface area contributed by atoms with Crippen LogP contribution in [0.1, 0.15) is 39.9 Å². The van der Waals surface area contributed by atoms with Gasteiger partial charge in [0.2, 0.25) is 5.91 Å². The van der Waals surface area contributed by atoms with E-state index in [9.17, 15) is 9.59 Å². The van der Waals surface area contributed by atoms with Crippen molar-refractivity contribution in [2.24, 2.45) is 5.92 Å². The molecule has 0 radical (unpaired) electrons. The lowest BCUT2D eigenvalue weighted by Gasteiger charge is -2.18. The van der Waals surface area contributed by atoms with Gasteiger partial charge in [0.25, 0.3) is 5.91 Å². The molecule has 25 heavy (non-hydrogen) atoms. The van der Waals surface area contributed by atoms with Crippen LogP contribution in [0.2, 0.25) is 0 Å². The fourth-order valence-electron chi connectivity index (χ4n) is 3.28. The summed E-state index contributed by atoms with van der Waals surface area (Å²) in [5.74, 6) is 0.403. The average Bonchev–Trinajstić information content (AvgIpc) is 3.39. The van der Waals surface area contributed by atoms with Crippen LogP contribution in [0.3, 0.4) is 0 Å². The van der Waals surface area contributed by atoms with Crippen LogP contribution >= 0.6 is 0 Å². The SMILES string of the molecule is Cc1ccc(C(=O)N2CCc3ccc(CNC(=O)C4CC4)cc32)cc1. The molecule has 2 aliphatic rings. The molecule has 4 rings (SSSR count). The number of nitrogens with zero attached hydrogens (tertiary/aromatic N) is 1. The quantitative estimate of drug-likeness (QED) is 0.933. The van der Waals surface area contributed by atoms with E-state index in [4.69, 9.17) is 0 Å². The second kappa shape index (κ2) is 6.36. The molecule has 1 saturated carbocycles. The van der Waals surface area contributed by atoms with Crippen molar-refractivity contribution in [3.8, 4) is 0 Å². The molecule has 2 aromatic carbocycles. The maximum absolute atomic E-state index is 12.9.